The number of aryl methyl sites for hydroxylation is 1. The third-order valence-corrected chi connectivity index (χ3v) is 7.10. The molecular weight excluding hydrogens is 514 g/mol. The number of carbonyl (C=O) groups is 3. The van der Waals surface area contributed by atoms with Crippen LogP contribution < -0.4 is 10.6 Å². The van der Waals surface area contributed by atoms with Crippen LogP contribution in [0.1, 0.15) is 76.6 Å². The summed E-state index contributed by atoms with van der Waals surface area (Å²) in [5, 5.41) is 6.17. The average Bonchev–Trinajstić information content (AvgIpc) is 2.82. The van der Waals surface area contributed by atoms with Gasteiger partial charge >= 0.3 is 6.09 Å². The topological polar surface area (TPSA) is 87.7 Å². The zero-order valence-corrected chi connectivity index (χ0v) is 24.5. The predicted molar refractivity (Wildman–Crippen MR) is 157 cm³/mol. The zero-order valence-electron chi connectivity index (χ0n) is 23.7. The molecule has 2 aromatic carbocycles. The Hall–Kier alpha value is -3.32. The van der Waals surface area contributed by atoms with E-state index in [-0.39, 0.29) is 23.8 Å². The zero-order chi connectivity index (χ0) is 28.9. The molecule has 39 heavy (non-hydrogen) atoms. The highest BCUT2D eigenvalue weighted by Gasteiger charge is 2.43. The van der Waals surface area contributed by atoms with Gasteiger partial charge in [-0.25, -0.2) is 4.79 Å². The Morgan fingerprint density at radius 3 is 2.33 bits per heavy atom. The number of rotatable bonds is 9. The van der Waals surface area contributed by atoms with Crippen molar-refractivity contribution in [1.29, 1.82) is 0 Å². The fraction of sp³-hybridized carbons (Fsp3) is 0.452. The van der Waals surface area contributed by atoms with Crippen LogP contribution in [0.15, 0.2) is 49.0 Å². The summed E-state index contributed by atoms with van der Waals surface area (Å²) in [6, 6.07) is 10.8. The Morgan fingerprint density at radius 2 is 1.79 bits per heavy atom. The van der Waals surface area contributed by atoms with Crippen LogP contribution in [0.25, 0.3) is 6.08 Å². The van der Waals surface area contributed by atoms with E-state index in [1.807, 2.05) is 57.2 Å². The second-order valence-electron chi connectivity index (χ2n) is 11.4. The van der Waals surface area contributed by atoms with Crippen molar-refractivity contribution >= 4 is 41.3 Å². The number of amides is 3. The predicted octanol–water partition coefficient (Wildman–Crippen LogP) is 6.90. The van der Waals surface area contributed by atoms with Gasteiger partial charge in [0.15, 0.2) is 0 Å². The number of benzene rings is 2. The van der Waals surface area contributed by atoms with Crippen LogP contribution in [0.4, 0.5) is 10.5 Å². The van der Waals surface area contributed by atoms with Gasteiger partial charge < -0.3 is 20.3 Å². The summed E-state index contributed by atoms with van der Waals surface area (Å²) in [5.41, 5.74) is 2.06. The molecule has 1 aliphatic rings. The van der Waals surface area contributed by atoms with E-state index in [1.165, 1.54) is 0 Å². The highest BCUT2D eigenvalue weighted by molar-refractivity contribution is 6.34. The molecule has 3 amide bonds. The maximum atomic E-state index is 14.3. The number of para-hydroxylation sites is 1. The van der Waals surface area contributed by atoms with Gasteiger partial charge in [-0.3, -0.25) is 9.59 Å². The molecule has 2 atom stereocenters. The number of ether oxygens (including phenoxy) is 1. The van der Waals surface area contributed by atoms with Crippen LogP contribution in [0.3, 0.4) is 0 Å². The molecule has 2 unspecified atom stereocenters. The largest absolute Gasteiger partial charge is 0.444 e. The maximum Gasteiger partial charge on any atom is 0.408 e. The first kappa shape index (κ1) is 30.2. The lowest BCUT2D eigenvalue weighted by Gasteiger charge is -2.44. The van der Waals surface area contributed by atoms with E-state index in [1.54, 1.807) is 37.8 Å². The molecule has 2 aromatic rings. The molecule has 7 nitrogen and oxygen atoms in total. The van der Waals surface area contributed by atoms with Crippen molar-refractivity contribution in [3.8, 4) is 0 Å². The van der Waals surface area contributed by atoms with Crippen LogP contribution in [0, 0.1) is 12.8 Å². The Kier molecular flexibility index (Phi) is 9.83. The summed E-state index contributed by atoms with van der Waals surface area (Å²) in [6.07, 6.45) is 3.50. The minimum Gasteiger partial charge on any atom is -0.444 e. The number of halogens is 1. The lowest BCUT2D eigenvalue weighted by Crippen LogP contribution is -2.58. The number of nitrogens with zero attached hydrogens (tertiary/aromatic N) is 1. The maximum absolute atomic E-state index is 14.3. The molecule has 3 rings (SSSR count). The molecule has 0 bridgehead atoms. The van der Waals surface area contributed by atoms with Gasteiger partial charge in [-0.1, -0.05) is 68.4 Å². The summed E-state index contributed by atoms with van der Waals surface area (Å²) < 4.78 is 5.45. The van der Waals surface area contributed by atoms with Crippen molar-refractivity contribution in [2.24, 2.45) is 5.92 Å². The third-order valence-electron chi connectivity index (χ3n) is 6.79. The van der Waals surface area contributed by atoms with Gasteiger partial charge in [0.1, 0.15) is 17.7 Å². The minimum atomic E-state index is -0.958. The van der Waals surface area contributed by atoms with Crippen molar-refractivity contribution in [3.63, 3.8) is 0 Å². The first-order chi connectivity index (χ1) is 18.3. The lowest BCUT2D eigenvalue weighted by atomic mass is 9.87. The number of hydrogen-bond acceptors (Lipinski definition) is 4. The van der Waals surface area contributed by atoms with Gasteiger partial charge in [0.2, 0.25) is 5.91 Å². The average molecular weight is 554 g/mol. The van der Waals surface area contributed by atoms with E-state index >= 15 is 0 Å². The van der Waals surface area contributed by atoms with E-state index in [4.69, 9.17) is 16.3 Å². The highest BCUT2D eigenvalue weighted by Crippen LogP contribution is 2.36. The molecular formula is C31H40ClN3O4. The van der Waals surface area contributed by atoms with E-state index in [0.29, 0.717) is 16.3 Å². The fourth-order valence-electron chi connectivity index (χ4n) is 4.57. The monoisotopic (exact) mass is 553 g/mol. The van der Waals surface area contributed by atoms with Crippen molar-refractivity contribution in [2.45, 2.75) is 84.5 Å². The summed E-state index contributed by atoms with van der Waals surface area (Å²) in [4.78, 5) is 42.8. The first-order valence-corrected chi connectivity index (χ1v) is 13.8. The van der Waals surface area contributed by atoms with Crippen LogP contribution in [-0.2, 0) is 14.3 Å². The van der Waals surface area contributed by atoms with E-state index in [2.05, 4.69) is 17.2 Å². The van der Waals surface area contributed by atoms with Crippen molar-refractivity contribution in [2.75, 3.05) is 5.32 Å². The summed E-state index contributed by atoms with van der Waals surface area (Å²) >= 11 is 6.45. The Labute approximate surface area is 236 Å². The molecule has 1 aliphatic carbocycles. The van der Waals surface area contributed by atoms with Crippen molar-refractivity contribution < 1.29 is 19.1 Å². The van der Waals surface area contributed by atoms with E-state index < -0.39 is 23.8 Å². The smallest absolute Gasteiger partial charge is 0.408 e. The van der Waals surface area contributed by atoms with Gasteiger partial charge in [-0.2, -0.15) is 0 Å². The molecule has 0 heterocycles. The molecule has 8 heteroatoms. The van der Waals surface area contributed by atoms with Gasteiger partial charge in [0.05, 0.1) is 10.7 Å². The number of nitrogens with one attached hydrogen (secondary N) is 2. The van der Waals surface area contributed by atoms with Crippen molar-refractivity contribution in [3.05, 3.63) is 70.8 Å². The van der Waals surface area contributed by atoms with Gasteiger partial charge in [-0.15, -0.1) is 0 Å². The van der Waals surface area contributed by atoms with Crippen LogP contribution in [0.5, 0.6) is 0 Å². The summed E-state index contributed by atoms with van der Waals surface area (Å²) in [6.45, 7) is 14.7. The highest BCUT2D eigenvalue weighted by atomic mass is 35.5. The molecule has 0 saturated heterocycles. The number of anilines is 1. The number of alkyl carbamates (subject to hydrolysis) is 1. The molecule has 2 N–H and O–H groups in total. The van der Waals surface area contributed by atoms with Crippen LogP contribution in [0.2, 0.25) is 5.02 Å². The Morgan fingerprint density at radius 1 is 1.13 bits per heavy atom. The van der Waals surface area contributed by atoms with Crippen molar-refractivity contribution in [1.82, 2.24) is 10.2 Å². The summed E-state index contributed by atoms with van der Waals surface area (Å²) in [5.74, 6) is -0.963. The van der Waals surface area contributed by atoms with Gasteiger partial charge in [0, 0.05) is 6.04 Å². The second kappa shape index (κ2) is 12.7. The van der Waals surface area contributed by atoms with E-state index in [0.717, 1.165) is 30.4 Å². The SMILES string of the molecule is C=Cc1cccc(C(C(=O)Nc2c(C)cccc2Cl)N(C(=O)C(NC(=O)OC(C)(C)C)C(C)C)C2CCC2)c1. The molecule has 0 radical (unpaired) electrons. The van der Waals surface area contributed by atoms with Crippen LogP contribution >= 0.6 is 11.6 Å². The molecule has 0 aliphatic heterocycles. The molecule has 1 fully saturated rings. The Bertz CT molecular complexity index is 1200. The Balaban J connectivity index is 2.07. The lowest BCUT2D eigenvalue weighted by molar-refractivity contribution is -0.146. The first-order valence-electron chi connectivity index (χ1n) is 13.4. The number of hydrogen-bond donors (Lipinski definition) is 2. The van der Waals surface area contributed by atoms with Gasteiger partial charge in [-0.05, 0) is 81.7 Å². The molecule has 210 valence electrons. The fourth-order valence-corrected chi connectivity index (χ4v) is 4.84. The molecule has 1 saturated carbocycles. The molecule has 0 aromatic heterocycles. The minimum absolute atomic E-state index is 0.158. The molecule has 0 spiro atoms. The van der Waals surface area contributed by atoms with Crippen LogP contribution in [-0.4, -0.2) is 40.5 Å². The third kappa shape index (κ3) is 7.63. The van der Waals surface area contributed by atoms with Gasteiger partial charge in [0.25, 0.3) is 5.91 Å². The second-order valence-corrected chi connectivity index (χ2v) is 11.8. The van der Waals surface area contributed by atoms with E-state index in [9.17, 15) is 14.4 Å². The normalized spacial score (nSPS) is 15.1. The number of carbonyl (C=O) groups excluding carboxylic acids is 3. The quantitative estimate of drug-likeness (QED) is 0.353. The standard InChI is InChI=1S/C31H40ClN3O4/c1-8-21-13-10-14-22(18-21)27(28(36)33-26-20(4)12-9-17-24(26)32)35(23-15-11-16-23)29(37)25(19(2)3)34-30(38)39-31(5,6)7/h8-10,12-14,17-19,23,25,27H,1,11,15-16H2,2-7H3,(H,33,36)(H,34,38). The summed E-state index contributed by atoms with van der Waals surface area (Å²) in [7, 11) is 0.